The van der Waals surface area contributed by atoms with Gasteiger partial charge in [0.25, 0.3) is 0 Å². The molecule has 3 aromatic rings. The van der Waals surface area contributed by atoms with Gasteiger partial charge >= 0.3 is 0 Å². The van der Waals surface area contributed by atoms with Crippen molar-refractivity contribution in [1.82, 2.24) is 9.29 Å². The molecule has 0 N–H and O–H groups in total. The minimum atomic E-state index is -3.53. The molecule has 0 fully saturated rings. The van der Waals surface area contributed by atoms with E-state index in [1.807, 2.05) is 24.3 Å². The summed E-state index contributed by atoms with van der Waals surface area (Å²) < 4.78 is 27.8. The number of sulfonamides is 1. The van der Waals surface area contributed by atoms with Gasteiger partial charge in [-0.3, -0.25) is 4.98 Å². The highest BCUT2D eigenvalue weighted by molar-refractivity contribution is 7.89. The Morgan fingerprint density at radius 2 is 1.78 bits per heavy atom. The molecule has 2 heterocycles. The summed E-state index contributed by atoms with van der Waals surface area (Å²) in [5.41, 5.74) is 2.32. The smallest absolute Gasteiger partial charge is 0.244 e. The molecule has 1 aliphatic heterocycles. The van der Waals surface area contributed by atoms with Crippen LogP contribution in [0.1, 0.15) is 11.1 Å². The van der Waals surface area contributed by atoms with Gasteiger partial charge in [0.15, 0.2) is 0 Å². The van der Waals surface area contributed by atoms with Gasteiger partial charge in [-0.25, -0.2) is 8.42 Å². The molecule has 0 atom stereocenters. The van der Waals surface area contributed by atoms with E-state index in [2.05, 4.69) is 11.1 Å². The molecular weight excluding hydrogens is 308 g/mol. The molecule has 0 amide bonds. The zero-order chi connectivity index (χ0) is 15.9. The Morgan fingerprint density at radius 1 is 0.957 bits per heavy atom. The number of hydrogen-bond donors (Lipinski definition) is 0. The highest BCUT2D eigenvalue weighted by atomic mass is 32.2. The van der Waals surface area contributed by atoms with Crippen molar-refractivity contribution in [3.05, 3.63) is 72.1 Å². The second-order valence-corrected chi connectivity index (χ2v) is 7.62. The molecule has 23 heavy (non-hydrogen) atoms. The van der Waals surface area contributed by atoms with Gasteiger partial charge in [-0.1, -0.05) is 36.4 Å². The SMILES string of the molecule is O=S(=O)(c1cccc2cnccc12)N1CCc2ccccc2C1. The molecule has 4 rings (SSSR count). The molecule has 5 heteroatoms. The normalized spacial score (nSPS) is 15.5. The summed E-state index contributed by atoms with van der Waals surface area (Å²) in [6, 6.07) is 15.1. The van der Waals surface area contributed by atoms with E-state index in [1.54, 1.807) is 34.9 Å². The first-order chi connectivity index (χ1) is 11.2. The second kappa shape index (κ2) is 5.44. The number of rotatable bonds is 2. The van der Waals surface area contributed by atoms with Crippen LogP contribution in [0.25, 0.3) is 10.8 Å². The number of nitrogens with zero attached hydrogens (tertiary/aromatic N) is 2. The molecule has 0 saturated carbocycles. The summed E-state index contributed by atoms with van der Waals surface area (Å²) in [7, 11) is -3.53. The first-order valence-corrected chi connectivity index (χ1v) is 9.00. The van der Waals surface area contributed by atoms with E-state index in [-0.39, 0.29) is 0 Å². The molecular formula is C18H16N2O2S. The molecule has 4 nitrogen and oxygen atoms in total. The monoisotopic (exact) mass is 324 g/mol. The lowest BCUT2D eigenvalue weighted by Gasteiger charge is -2.28. The van der Waals surface area contributed by atoms with Crippen molar-refractivity contribution >= 4 is 20.8 Å². The summed E-state index contributed by atoms with van der Waals surface area (Å²) in [5.74, 6) is 0. The van der Waals surface area contributed by atoms with Crippen molar-refractivity contribution < 1.29 is 8.42 Å². The Bertz CT molecular complexity index is 978. The fourth-order valence-corrected chi connectivity index (χ4v) is 4.77. The van der Waals surface area contributed by atoms with Gasteiger partial charge < -0.3 is 0 Å². The van der Waals surface area contributed by atoms with Crippen molar-refractivity contribution in [3.63, 3.8) is 0 Å². The highest BCUT2D eigenvalue weighted by Crippen LogP contribution is 2.29. The second-order valence-electron chi connectivity index (χ2n) is 5.71. The van der Waals surface area contributed by atoms with Crippen LogP contribution in [0.4, 0.5) is 0 Å². The van der Waals surface area contributed by atoms with Crippen LogP contribution in [0.5, 0.6) is 0 Å². The average Bonchev–Trinajstić information content (AvgIpc) is 2.60. The molecule has 0 spiro atoms. The minimum Gasteiger partial charge on any atom is -0.264 e. The van der Waals surface area contributed by atoms with E-state index in [1.165, 1.54) is 5.56 Å². The quantitative estimate of drug-likeness (QED) is 0.728. The standard InChI is InChI=1S/C18H16N2O2S/c21-23(22,18-7-3-6-15-12-19-10-8-17(15)18)20-11-9-14-4-1-2-5-16(14)13-20/h1-8,10,12H,9,11,13H2. The summed E-state index contributed by atoms with van der Waals surface area (Å²) in [6.07, 6.45) is 4.08. The van der Waals surface area contributed by atoms with Gasteiger partial charge in [0.2, 0.25) is 10.0 Å². The maximum Gasteiger partial charge on any atom is 0.244 e. The van der Waals surface area contributed by atoms with Gasteiger partial charge in [-0.2, -0.15) is 4.31 Å². The van der Waals surface area contributed by atoms with Crippen LogP contribution < -0.4 is 0 Å². The highest BCUT2D eigenvalue weighted by Gasteiger charge is 2.29. The maximum atomic E-state index is 13.1. The van der Waals surface area contributed by atoms with E-state index in [4.69, 9.17) is 0 Å². The fourth-order valence-electron chi connectivity index (χ4n) is 3.13. The lowest BCUT2D eigenvalue weighted by Crippen LogP contribution is -2.36. The lowest BCUT2D eigenvalue weighted by molar-refractivity contribution is 0.392. The van der Waals surface area contributed by atoms with Crippen LogP contribution in [0.3, 0.4) is 0 Å². The Hall–Kier alpha value is -2.24. The molecule has 1 aromatic heterocycles. The van der Waals surface area contributed by atoms with Crippen molar-refractivity contribution in [3.8, 4) is 0 Å². The van der Waals surface area contributed by atoms with Gasteiger partial charge in [0, 0.05) is 36.3 Å². The third kappa shape index (κ3) is 2.42. The summed E-state index contributed by atoms with van der Waals surface area (Å²) >= 11 is 0. The number of benzene rings is 2. The van der Waals surface area contributed by atoms with Crippen LogP contribution in [0.15, 0.2) is 65.8 Å². The average molecular weight is 324 g/mol. The van der Waals surface area contributed by atoms with Gasteiger partial charge in [-0.15, -0.1) is 0 Å². The van der Waals surface area contributed by atoms with E-state index in [9.17, 15) is 8.42 Å². The van der Waals surface area contributed by atoms with Crippen molar-refractivity contribution in [2.75, 3.05) is 6.54 Å². The Morgan fingerprint density at radius 3 is 2.65 bits per heavy atom. The van der Waals surface area contributed by atoms with Gasteiger partial charge in [-0.05, 0) is 29.7 Å². The van der Waals surface area contributed by atoms with E-state index < -0.39 is 10.0 Å². The van der Waals surface area contributed by atoms with Crippen molar-refractivity contribution in [1.29, 1.82) is 0 Å². The molecule has 0 radical (unpaired) electrons. The molecule has 1 aliphatic rings. The summed E-state index contributed by atoms with van der Waals surface area (Å²) in [6.45, 7) is 0.945. The Balaban J connectivity index is 1.79. The molecule has 0 unspecified atom stereocenters. The molecule has 0 aliphatic carbocycles. The van der Waals surface area contributed by atoms with Crippen LogP contribution >= 0.6 is 0 Å². The van der Waals surface area contributed by atoms with Crippen LogP contribution in [-0.4, -0.2) is 24.3 Å². The minimum absolute atomic E-state index is 0.358. The molecule has 0 saturated heterocycles. The topological polar surface area (TPSA) is 50.3 Å². The van der Waals surface area contributed by atoms with Crippen LogP contribution in [0, 0.1) is 0 Å². The Labute approximate surface area is 135 Å². The van der Waals surface area contributed by atoms with E-state index >= 15 is 0 Å². The summed E-state index contributed by atoms with van der Waals surface area (Å²) in [4.78, 5) is 4.43. The van der Waals surface area contributed by atoms with E-state index in [0.717, 1.165) is 22.8 Å². The first kappa shape index (κ1) is 14.4. The number of pyridine rings is 1. The number of hydrogen-bond acceptors (Lipinski definition) is 3. The lowest BCUT2D eigenvalue weighted by atomic mass is 10.0. The summed E-state index contributed by atoms with van der Waals surface area (Å²) in [5, 5.41) is 1.56. The zero-order valence-electron chi connectivity index (χ0n) is 12.5. The third-order valence-corrected chi connectivity index (χ3v) is 6.26. The molecule has 0 bridgehead atoms. The van der Waals surface area contributed by atoms with Gasteiger partial charge in [0.1, 0.15) is 0 Å². The fraction of sp³-hybridized carbons (Fsp3) is 0.167. The maximum absolute atomic E-state index is 13.1. The zero-order valence-corrected chi connectivity index (χ0v) is 13.3. The number of fused-ring (bicyclic) bond motifs is 2. The van der Waals surface area contributed by atoms with Gasteiger partial charge in [0.05, 0.1) is 4.90 Å². The third-order valence-electron chi connectivity index (χ3n) is 4.35. The van der Waals surface area contributed by atoms with Crippen molar-refractivity contribution in [2.45, 2.75) is 17.9 Å². The Kier molecular flexibility index (Phi) is 3.39. The van der Waals surface area contributed by atoms with E-state index in [0.29, 0.717) is 18.0 Å². The predicted octanol–water partition coefficient (Wildman–Crippen LogP) is 2.98. The van der Waals surface area contributed by atoms with Crippen LogP contribution in [0.2, 0.25) is 0 Å². The predicted molar refractivity (Wildman–Crippen MR) is 89.5 cm³/mol. The van der Waals surface area contributed by atoms with Crippen LogP contribution in [-0.2, 0) is 23.0 Å². The molecule has 2 aromatic carbocycles. The molecule has 116 valence electrons. The van der Waals surface area contributed by atoms with Crippen molar-refractivity contribution in [2.24, 2.45) is 0 Å². The number of aromatic nitrogens is 1. The first-order valence-electron chi connectivity index (χ1n) is 7.56. The largest absolute Gasteiger partial charge is 0.264 e.